The predicted molar refractivity (Wildman–Crippen MR) is 65.4 cm³/mol. The van der Waals surface area contributed by atoms with Crippen LogP contribution in [0.4, 0.5) is 0 Å². The molecule has 4 N–H and O–H groups in total. The van der Waals surface area contributed by atoms with Crippen LogP contribution in [0.25, 0.3) is 11.0 Å². The Morgan fingerprint density at radius 2 is 1.94 bits per heavy atom. The second kappa shape index (κ2) is 5.83. The summed E-state index contributed by atoms with van der Waals surface area (Å²) in [6, 6.07) is 7.67. The zero-order valence-corrected chi connectivity index (χ0v) is 9.66. The molecule has 0 aliphatic rings. The minimum absolute atomic E-state index is 0.353. The van der Waals surface area contributed by atoms with E-state index in [1.54, 1.807) is 18.2 Å². The Balaban J connectivity index is 0.000000232. The van der Waals surface area contributed by atoms with Crippen LogP contribution in [-0.2, 0) is 4.79 Å². The number of hydrogen-bond donors (Lipinski definition) is 3. The molecular formula is C12H13NO5. The average molecular weight is 251 g/mol. The molecule has 2 aromatic rings. The summed E-state index contributed by atoms with van der Waals surface area (Å²) in [5.41, 5.74) is 4.62. The number of aromatic hydroxyl groups is 1. The van der Waals surface area contributed by atoms with Crippen molar-refractivity contribution in [1.29, 1.82) is 0 Å². The van der Waals surface area contributed by atoms with E-state index in [2.05, 4.69) is 0 Å². The molecule has 0 saturated heterocycles. The summed E-state index contributed by atoms with van der Waals surface area (Å²) in [7, 11) is 0. The molecule has 0 amide bonds. The van der Waals surface area contributed by atoms with Gasteiger partial charge in [0.2, 0.25) is 5.75 Å². The fourth-order valence-corrected chi connectivity index (χ4v) is 1.05. The molecule has 0 saturated carbocycles. The molecule has 1 unspecified atom stereocenters. The number of para-hydroxylation sites is 1. The largest absolute Gasteiger partial charge is 0.502 e. The lowest BCUT2D eigenvalue weighted by Gasteiger charge is -1.94. The highest BCUT2D eigenvalue weighted by atomic mass is 16.4. The molecule has 0 radical (unpaired) electrons. The summed E-state index contributed by atoms with van der Waals surface area (Å²) < 4.78 is 4.79. The summed E-state index contributed by atoms with van der Waals surface area (Å²) in [5, 5.41) is 17.6. The fraction of sp³-hybridized carbons (Fsp3) is 0.167. The number of hydrogen-bond acceptors (Lipinski definition) is 5. The van der Waals surface area contributed by atoms with Crippen LogP contribution in [0.2, 0.25) is 0 Å². The third-order valence-electron chi connectivity index (χ3n) is 2.01. The molecule has 0 fully saturated rings. The van der Waals surface area contributed by atoms with Gasteiger partial charge in [-0.2, -0.15) is 0 Å². The summed E-state index contributed by atoms with van der Waals surface area (Å²) in [6.45, 7) is 1.42. The molecule has 1 aromatic heterocycles. The van der Waals surface area contributed by atoms with Gasteiger partial charge in [-0.1, -0.05) is 18.2 Å². The summed E-state index contributed by atoms with van der Waals surface area (Å²) in [4.78, 5) is 20.4. The topological polar surface area (TPSA) is 114 Å². The van der Waals surface area contributed by atoms with E-state index in [-0.39, 0.29) is 5.75 Å². The average Bonchev–Trinajstić information content (AvgIpc) is 2.31. The van der Waals surface area contributed by atoms with Gasteiger partial charge in [-0.3, -0.25) is 4.79 Å². The normalized spacial score (nSPS) is 11.4. The Kier molecular flexibility index (Phi) is 4.45. The third kappa shape index (κ3) is 3.60. The van der Waals surface area contributed by atoms with Crippen LogP contribution in [0.1, 0.15) is 6.92 Å². The molecule has 1 heterocycles. The second-order valence-electron chi connectivity index (χ2n) is 3.58. The molecule has 6 heteroatoms. The smallest absolute Gasteiger partial charge is 0.378 e. The zero-order chi connectivity index (χ0) is 13.7. The first-order chi connectivity index (χ1) is 8.41. The molecule has 18 heavy (non-hydrogen) atoms. The highest BCUT2D eigenvalue weighted by Crippen LogP contribution is 2.14. The van der Waals surface area contributed by atoms with Gasteiger partial charge in [0.15, 0.2) is 0 Å². The number of carboxylic acid groups (broad SMARTS) is 1. The van der Waals surface area contributed by atoms with Crippen molar-refractivity contribution >= 4 is 16.9 Å². The van der Waals surface area contributed by atoms with E-state index < -0.39 is 17.6 Å². The lowest BCUT2D eigenvalue weighted by Crippen LogP contribution is -2.25. The second-order valence-corrected chi connectivity index (χ2v) is 3.58. The number of aliphatic carboxylic acids is 1. The summed E-state index contributed by atoms with van der Waals surface area (Å²) >= 11 is 0. The van der Waals surface area contributed by atoms with Crippen LogP contribution in [0.15, 0.2) is 39.5 Å². The van der Waals surface area contributed by atoms with Gasteiger partial charge in [0.25, 0.3) is 0 Å². The first-order valence-corrected chi connectivity index (χ1v) is 5.12. The van der Waals surface area contributed by atoms with Gasteiger partial charge in [0, 0.05) is 5.39 Å². The van der Waals surface area contributed by atoms with Crippen LogP contribution in [0, 0.1) is 0 Å². The maximum Gasteiger partial charge on any atom is 0.378 e. The van der Waals surface area contributed by atoms with Gasteiger partial charge in [-0.15, -0.1) is 0 Å². The summed E-state index contributed by atoms with van der Waals surface area (Å²) in [5.74, 6) is -1.32. The first kappa shape index (κ1) is 13.7. The van der Waals surface area contributed by atoms with E-state index in [0.29, 0.717) is 5.58 Å². The van der Waals surface area contributed by atoms with E-state index in [4.69, 9.17) is 20.4 Å². The van der Waals surface area contributed by atoms with E-state index >= 15 is 0 Å². The van der Waals surface area contributed by atoms with Crippen LogP contribution >= 0.6 is 0 Å². The van der Waals surface area contributed by atoms with E-state index in [0.717, 1.165) is 5.39 Å². The molecule has 2 rings (SSSR count). The molecule has 0 aliphatic heterocycles. The lowest BCUT2D eigenvalue weighted by atomic mass is 10.2. The van der Waals surface area contributed by atoms with Crippen molar-refractivity contribution in [2.75, 3.05) is 0 Å². The summed E-state index contributed by atoms with van der Waals surface area (Å²) in [6.07, 6.45) is 0. The van der Waals surface area contributed by atoms with Crippen molar-refractivity contribution in [2.45, 2.75) is 13.0 Å². The fourth-order valence-electron chi connectivity index (χ4n) is 1.05. The highest BCUT2D eigenvalue weighted by molar-refractivity contribution is 5.77. The van der Waals surface area contributed by atoms with E-state index in [1.165, 1.54) is 13.0 Å². The third-order valence-corrected chi connectivity index (χ3v) is 2.01. The first-order valence-electron chi connectivity index (χ1n) is 5.12. The van der Waals surface area contributed by atoms with Crippen LogP contribution < -0.4 is 11.4 Å². The van der Waals surface area contributed by atoms with Gasteiger partial charge in [-0.05, 0) is 19.1 Å². The van der Waals surface area contributed by atoms with E-state index in [9.17, 15) is 9.59 Å². The highest BCUT2D eigenvalue weighted by Gasteiger charge is 2.00. The minimum atomic E-state index is -0.963. The molecule has 1 atom stereocenters. The van der Waals surface area contributed by atoms with Gasteiger partial charge in [0.05, 0.1) is 0 Å². The number of carbonyl (C=O) groups is 1. The van der Waals surface area contributed by atoms with Crippen molar-refractivity contribution in [2.24, 2.45) is 5.73 Å². The van der Waals surface area contributed by atoms with Crippen LogP contribution in [0.5, 0.6) is 5.75 Å². The Bertz CT molecular complexity index is 603. The van der Waals surface area contributed by atoms with Gasteiger partial charge >= 0.3 is 11.6 Å². The lowest BCUT2D eigenvalue weighted by molar-refractivity contribution is -0.138. The molecule has 0 aliphatic carbocycles. The minimum Gasteiger partial charge on any atom is -0.502 e. The number of fused-ring (bicyclic) bond motifs is 1. The zero-order valence-electron chi connectivity index (χ0n) is 9.66. The number of rotatable bonds is 1. The Morgan fingerprint density at radius 1 is 1.39 bits per heavy atom. The van der Waals surface area contributed by atoms with Crippen molar-refractivity contribution < 1.29 is 19.4 Å². The van der Waals surface area contributed by atoms with Crippen molar-refractivity contribution in [3.63, 3.8) is 0 Å². The Labute approximate surface area is 102 Å². The molecule has 6 nitrogen and oxygen atoms in total. The van der Waals surface area contributed by atoms with Crippen molar-refractivity contribution in [3.05, 3.63) is 40.8 Å². The van der Waals surface area contributed by atoms with Crippen LogP contribution in [0.3, 0.4) is 0 Å². The molecule has 0 spiro atoms. The monoisotopic (exact) mass is 251 g/mol. The SMILES string of the molecule is CC(N)C(=O)O.O=c1oc2ccccc2cc1O. The van der Waals surface area contributed by atoms with Crippen molar-refractivity contribution in [3.8, 4) is 5.75 Å². The number of benzene rings is 1. The molecule has 1 aromatic carbocycles. The van der Waals surface area contributed by atoms with Gasteiger partial charge in [-0.25, -0.2) is 4.79 Å². The van der Waals surface area contributed by atoms with Gasteiger partial charge in [0.1, 0.15) is 11.6 Å². The Morgan fingerprint density at radius 3 is 2.50 bits per heavy atom. The number of nitrogens with two attached hydrogens (primary N) is 1. The number of carboxylic acids is 1. The maximum absolute atomic E-state index is 10.8. The standard InChI is InChI=1S/C9H6O3.C3H7NO2/c10-7-5-6-3-1-2-4-8(6)12-9(7)11;1-2(4)3(5)6/h1-5,10H;2H,4H2,1H3,(H,5,6). The molecule has 0 bridgehead atoms. The van der Waals surface area contributed by atoms with Crippen molar-refractivity contribution in [1.82, 2.24) is 0 Å². The maximum atomic E-state index is 10.8. The molecular weight excluding hydrogens is 238 g/mol. The molecule has 96 valence electrons. The quantitative estimate of drug-likeness (QED) is 0.649. The Hall–Kier alpha value is -2.34. The van der Waals surface area contributed by atoms with Crippen LogP contribution in [-0.4, -0.2) is 22.2 Å². The predicted octanol–water partition coefficient (Wildman–Crippen LogP) is 0.917. The van der Waals surface area contributed by atoms with E-state index in [1.807, 2.05) is 6.07 Å². The van der Waals surface area contributed by atoms with Gasteiger partial charge < -0.3 is 20.4 Å².